The van der Waals surface area contributed by atoms with Crippen molar-refractivity contribution in [1.82, 2.24) is 10.3 Å². The molecular formula is C12H18N2O. The van der Waals surface area contributed by atoms with Crippen molar-refractivity contribution in [1.29, 1.82) is 0 Å². The quantitative estimate of drug-likeness (QED) is 0.815. The second kappa shape index (κ2) is 4.62. The van der Waals surface area contributed by atoms with Crippen LogP contribution in [-0.4, -0.2) is 24.7 Å². The molecule has 15 heavy (non-hydrogen) atoms. The Morgan fingerprint density at radius 2 is 2.27 bits per heavy atom. The highest BCUT2D eigenvalue weighted by atomic mass is 16.5. The molecule has 2 rings (SSSR count). The topological polar surface area (TPSA) is 34.1 Å². The Bertz CT molecular complexity index is 304. The maximum absolute atomic E-state index is 5.64. The summed E-state index contributed by atoms with van der Waals surface area (Å²) in [5, 5.41) is 3.23. The van der Waals surface area contributed by atoms with Gasteiger partial charge in [0.2, 0.25) is 0 Å². The number of aromatic nitrogens is 1. The first kappa shape index (κ1) is 10.4. The van der Waals surface area contributed by atoms with Crippen LogP contribution in [0.2, 0.25) is 0 Å². The van der Waals surface area contributed by atoms with Gasteiger partial charge in [0.1, 0.15) is 5.75 Å². The Morgan fingerprint density at radius 3 is 2.73 bits per heavy atom. The van der Waals surface area contributed by atoms with E-state index in [1.165, 1.54) is 0 Å². The van der Waals surface area contributed by atoms with Gasteiger partial charge in [-0.05, 0) is 18.1 Å². The first-order valence-corrected chi connectivity index (χ1v) is 5.55. The minimum Gasteiger partial charge on any atom is -0.492 e. The highest BCUT2D eigenvalue weighted by Gasteiger charge is 2.17. The molecule has 0 aliphatic carbocycles. The van der Waals surface area contributed by atoms with Gasteiger partial charge in [-0.3, -0.25) is 4.98 Å². The third-order valence-corrected chi connectivity index (χ3v) is 2.70. The van der Waals surface area contributed by atoms with Gasteiger partial charge in [-0.15, -0.1) is 0 Å². The summed E-state index contributed by atoms with van der Waals surface area (Å²) in [4.78, 5) is 4.36. The molecule has 0 radical (unpaired) electrons. The molecule has 0 saturated carbocycles. The van der Waals surface area contributed by atoms with E-state index in [1.54, 1.807) is 0 Å². The fourth-order valence-electron chi connectivity index (χ4n) is 1.50. The molecule has 2 heterocycles. The van der Waals surface area contributed by atoms with E-state index in [2.05, 4.69) is 24.1 Å². The summed E-state index contributed by atoms with van der Waals surface area (Å²) in [5.74, 6) is 2.04. The smallest absolute Gasteiger partial charge is 0.137 e. The van der Waals surface area contributed by atoms with Crippen LogP contribution in [0, 0.1) is 5.92 Å². The lowest BCUT2D eigenvalue weighted by Gasteiger charge is -2.26. The molecule has 1 aliphatic heterocycles. The molecule has 82 valence electrons. The van der Waals surface area contributed by atoms with Crippen molar-refractivity contribution < 1.29 is 4.74 Å². The van der Waals surface area contributed by atoms with Crippen LogP contribution in [0.3, 0.4) is 0 Å². The average molecular weight is 206 g/mol. The lowest BCUT2D eigenvalue weighted by Crippen LogP contribution is -2.45. The van der Waals surface area contributed by atoms with Crippen molar-refractivity contribution in [2.24, 2.45) is 5.92 Å². The van der Waals surface area contributed by atoms with Crippen molar-refractivity contribution >= 4 is 0 Å². The van der Waals surface area contributed by atoms with Gasteiger partial charge in [0, 0.05) is 24.7 Å². The SMILES string of the molecule is CC(C)c1ccc(OCC2CNC2)cn1. The van der Waals surface area contributed by atoms with Gasteiger partial charge < -0.3 is 10.1 Å². The molecule has 0 spiro atoms. The fraction of sp³-hybridized carbons (Fsp3) is 0.583. The molecule has 0 aromatic carbocycles. The number of hydrogen-bond acceptors (Lipinski definition) is 3. The summed E-state index contributed by atoms with van der Waals surface area (Å²) in [7, 11) is 0. The molecule has 0 atom stereocenters. The van der Waals surface area contributed by atoms with E-state index in [1.807, 2.05) is 18.3 Å². The van der Waals surface area contributed by atoms with Crippen LogP contribution < -0.4 is 10.1 Å². The molecule has 0 unspecified atom stereocenters. The summed E-state index contributed by atoms with van der Waals surface area (Å²) in [5.41, 5.74) is 1.12. The third-order valence-electron chi connectivity index (χ3n) is 2.70. The summed E-state index contributed by atoms with van der Waals surface area (Å²) in [6, 6.07) is 4.05. The predicted octanol–water partition coefficient (Wildman–Crippen LogP) is 1.80. The lowest BCUT2D eigenvalue weighted by molar-refractivity contribution is 0.198. The van der Waals surface area contributed by atoms with Crippen molar-refractivity contribution in [3.8, 4) is 5.75 Å². The van der Waals surface area contributed by atoms with Crippen LogP contribution in [0.5, 0.6) is 5.75 Å². The predicted molar refractivity (Wildman–Crippen MR) is 60.2 cm³/mol. The van der Waals surface area contributed by atoms with Crippen LogP contribution in [0.15, 0.2) is 18.3 Å². The highest BCUT2D eigenvalue weighted by Crippen LogP contribution is 2.16. The van der Waals surface area contributed by atoms with Gasteiger partial charge in [-0.25, -0.2) is 0 Å². The number of nitrogens with zero attached hydrogens (tertiary/aromatic N) is 1. The Kier molecular flexibility index (Phi) is 3.21. The van der Waals surface area contributed by atoms with Crippen molar-refractivity contribution in [3.63, 3.8) is 0 Å². The summed E-state index contributed by atoms with van der Waals surface area (Å²) >= 11 is 0. The summed E-state index contributed by atoms with van der Waals surface area (Å²) < 4.78 is 5.64. The third kappa shape index (κ3) is 2.69. The largest absolute Gasteiger partial charge is 0.492 e. The summed E-state index contributed by atoms with van der Waals surface area (Å²) in [6.07, 6.45) is 1.82. The molecule has 1 aliphatic rings. The first-order chi connectivity index (χ1) is 7.25. The van der Waals surface area contributed by atoms with Gasteiger partial charge in [0.05, 0.1) is 12.8 Å². The van der Waals surface area contributed by atoms with E-state index in [0.717, 1.165) is 31.1 Å². The van der Waals surface area contributed by atoms with Gasteiger partial charge in [0.25, 0.3) is 0 Å². The normalized spacial score (nSPS) is 16.5. The zero-order valence-electron chi connectivity index (χ0n) is 9.36. The maximum atomic E-state index is 5.64. The van der Waals surface area contributed by atoms with Gasteiger partial charge >= 0.3 is 0 Å². The zero-order valence-corrected chi connectivity index (χ0v) is 9.36. The van der Waals surface area contributed by atoms with E-state index in [0.29, 0.717) is 11.8 Å². The first-order valence-electron chi connectivity index (χ1n) is 5.55. The molecule has 0 bridgehead atoms. The fourth-order valence-corrected chi connectivity index (χ4v) is 1.50. The molecule has 1 aromatic heterocycles. The minimum atomic E-state index is 0.481. The number of hydrogen-bond donors (Lipinski definition) is 1. The second-order valence-corrected chi connectivity index (χ2v) is 4.41. The Hall–Kier alpha value is -1.09. The lowest BCUT2D eigenvalue weighted by atomic mass is 10.1. The van der Waals surface area contributed by atoms with Crippen LogP contribution in [-0.2, 0) is 0 Å². The Morgan fingerprint density at radius 1 is 1.47 bits per heavy atom. The molecule has 3 heteroatoms. The maximum Gasteiger partial charge on any atom is 0.137 e. The van der Waals surface area contributed by atoms with Crippen LogP contribution >= 0.6 is 0 Å². The van der Waals surface area contributed by atoms with Crippen LogP contribution in [0.4, 0.5) is 0 Å². The van der Waals surface area contributed by atoms with E-state index in [9.17, 15) is 0 Å². The molecule has 1 saturated heterocycles. The minimum absolute atomic E-state index is 0.481. The number of nitrogens with one attached hydrogen (secondary N) is 1. The molecule has 3 nitrogen and oxygen atoms in total. The summed E-state index contributed by atoms with van der Waals surface area (Å²) in [6.45, 7) is 7.25. The number of pyridine rings is 1. The number of rotatable bonds is 4. The van der Waals surface area contributed by atoms with Crippen molar-refractivity contribution in [2.75, 3.05) is 19.7 Å². The monoisotopic (exact) mass is 206 g/mol. The molecule has 1 fully saturated rings. The average Bonchev–Trinajstić information content (AvgIpc) is 2.16. The van der Waals surface area contributed by atoms with Gasteiger partial charge in [-0.2, -0.15) is 0 Å². The van der Waals surface area contributed by atoms with Crippen LogP contribution in [0.1, 0.15) is 25.5 Å². The van der Waals surface area contributed by atoms with Gasteiger partial charge in [-0.1, -0.05) is 13.8 Å². The van der Waals surface area contributed by atoms with Crippen LogP contribution in [0.25, 0.3) is 0 Å². The zero-order chi connectivity index (χ0) is 10.7. The number of ether oxygens (including phenoxy) is 1. The van der Waals surface area contributed by atoms with Gasteiger partial charge in [0.15, 0.2) is 0 Å². The van der Waals surface area contributed by atoms with E-state index in [4.69, 9.17) is 4.74 Å². The molecular weight excluding hydrogens is 188 g/mol. The second-order valence-electron chi connectivity index (χ2n) is 4.41. The molecule has 0 amide bonds. The molecule has 1 aromatic rings. The Balaban J connectivity index is 1.86. The van der Waals surface area contributed by atoms with Crippen molar-refractivity contribution in [3.05, 3.63) is 24.0 Å². The standard InChI is InChI=1S/C12H18N2O/c1-9(2)12-4-3-11(7-14-12)15-8-10-5-13-6-10/h3-4,7,9-10,13H,5-6,8H2,1-2H3. The van der Waals surface area contributed by atoms with E-state index < -0.39 is 0 Å². The molecule has 1 N–H and O–H groups in total. The van der Waals surface area contributed by atoms with E-state index in [-0.39, 0.29) is 0 Å². The van der Waals surface area contributed by atoms with E-state index >= 15 is 0 Å². The Labute approximate surface area is 90.9 Å². The highest BCUT2D eigenvalue weighted by molar-refractivity contribution is 5.21. The van der Waals surface area contributed by atoms with Crippen molar-refractivity contribution in [2.45, 2.75) is 19.8 Å².